The Kier molecular flexibility index (Phi) is 4.91. The largest absolute Gasteiger partial charge is 0.264 e. The van der Waals surface area contributed by atoms with Crippen molar-refractivity contribution in [2.45, 2.75) is 9.79 Å². The highest BCUT2D eigenvalue weighted by atomic mass is 35.5. The summed E-state index contributed by atoms with van der Waals surface area (Å²) in [5, 5.41) is 9.54. The van der Waals surface area contributed by atoms with E-state index in [1.54, 1.807) is 30.0 Å². The average Bonchev–Trinajstić information content (AvgIpc) is 3.16. The predicted molar refractivity (Wildman–Crippen MR) is 111 cm³/mol. The minimum absolute atomic E-state index is 0.220. The molecule has 0 bridgehead atoms. The van der Waals surface area contributed by atoms with Gasteiger partial charge in [-0.05, 0) is 54.1 Å². The minimum atomic E-state index is -3.68. The lowest BCUT2D eigenvalue weighted by Crippen LogP contribution is -2.35. The lowest BCUT2D eigenvalue weighted by molar-refractivity contribution is 0.591. The molecule has 0 saturated carbocycles. The number of sulfonamides is 1. The first-order valence-corrected chi connectivity index (χ1v) is 11.7. The molecule has 8 heteroatoms. The molecular weight excluding hydrogens is 420 g/mol. The highest BCUT2D eigenvalue weighted by Crippen LogP contribution is 2.41. The summed E-state index contributed by atoms with van der Waals surface area (Å²) in [6, 6.07) is 17.8. The summed E-state index contributed by atoms with van der Waals surface area (Å²) in [7, 11) is -3.68. The lowest BCUT2D eigenvalue weighted by Gasteiger charge is -2.30. The van der Waals surface area contributed by atoms with Gasteiger partial charge in [0.2, 0.25) is 0 Å². The van der Waals surface area contributed by atoms with E-state index in [0.717, 1.165) is 15.3 Å². The van der Waals surface area contributed by atoms with Crippen molar-refractivity contribution in [3.05, 3.63) is 64.5 Å². The van der Waals surface area contributed by atoms with E-state index in [2.05, 4.69) is 6.07 Å². The number of thiophene rings is 1. The molecule has 0 N–H and O–H groups in total. The van der Waals surface area contributed by atoms with Crippen molar-refractivity contribution in [3.63, 3.8) is 0 Å². The van der Waals surface area contributed by atoms with Gasteiger partial charge in [-0.15, -0.1) is 23.1 Å². The van der Waals surface area contributed by atoms with Crippen LogP contribution in [-0.4, -0.2) is 20.7 Å². The van der Waals surface area contributed by atoms with Crippen molar-refractivity contribution in [2.75, 3.05) is 16.6 Å². The molecule has 4 nitrogen and oxygen atoms in total. The summed E-state index contributed by atoms with van der Waals surface area (Å²) in [5.74, 6) is 0.691. The van der Waals surface area contributed by atoms with Crippen molar-refractivity contribution in [1.82, 2.24) is 0 Å². The van der Waals surface area contributed by atoms with Gasteiger partial charge in [0.1, 0.15) is 10.9 Å². The van der Waals surface area contributed by atoms with Crippen LogP contribution in [0.2, 0.25) is 5.02 Å². The van der Waals surface area contributed by atoms with Gasteiger partial charge in [0.25, 0.3) is 10.0 Å². The second-order valence-electron chi connectivity index (χ2n) is 5.84. The van der Waals surface area contributed by atoms with Crippen LogP contribution >= 0.6 is 34.7 Å². The number of benzene rings is 2. The van der Waals surface area contributed by atoms with Gasteiger partial charge in [-0.25, -0.2) is 8.42 Å². The van der Waals surface area contributed by atoms with Gasteiger partial charge in [-0.2, -0.15) is 5.26 Å². The molecule has 3 aromatic rings. The summed E-state index contributed by atoms with van der Waals surface area (Å²) in [6.07, 6.45) is 0. The normalized spacial score (nSPS) is 13.9. The first-order chi connectivity index (χ1) is 13.0. The molecule has 1 aromatic heterocycles. The number of fused-ring (bicyclic) bond motifs is 1. The van der Waals surface area contributed by atoms with Crippen molar-refractivity contribution >= 4 is 50.4 Å². The second-order valence-corrected chi connectivity index (χ2v) is 10.4. The lowest BCUT2D eigenvalue weighted by atomic mass is 10.1. The maximum Gasteiger partial charge on any atom is 0.264 e. The number of thioether (sulfide) groups is 1. The van der Waals surface area contributed by atoms with E-state index in [9.17, 15) is 8.42 Å². The number of anilines is 1. The van der Waals surface area contributed by atoms with E-state index in [4.69, 9.17) is 16.9 Å². The highest BCUT2D eigenvalue weighted by molar-refractivity contribution is 8.00. The molecular formula is C19H13ClN2O2S3. The molecule has 1 aliphatic heterocycles. The molecule has 0 amide bonds. The molecule has 0 aliphatic carbocycles. The number of hydrogen-bond acceptors (Lipinski definition) is 5. The Labute approximate surface area is 171 Å². The highest BCUT2D eigenvalue weighted by Gasteiger charge is 2.29. The van der Waals surface area contributed by atoms with Gasteiger partial charge in [0.05, 0.1) is 10.6 Å². The minimum Gasteiger partial charge on any atom is -0.264 e. The van der Waals surface area contributed by atoms with Crippen LogP contribution in [-0.2, 0) is 10.0 Å². The van der Waals surface area contributed by atoms with E-state index in [-0.39, 0.29) is 4.90 Å². The van der Waals surface area contributed by atoms with Gasteiger partial charge < -0.3 is 0 Å². The third-order valence-electron chi connectivity index (χ3n) is 4.18. The molecule has 136 valence electrons. The van der Waals surface area contributed by atoms with Crippen LogP contribution in [0.4, 0.5) is 5.69 Å². The fraction of sp³-hybridized carbons (Fsp3) is 0.105. The van der Waals surface area contributed by atoms with E-state index in [1.807, 2.05) is 24.3 Å². The monoisotopic (exact) mass is 432 g/mol. The Morgan fingerprint density at radius 1 is 1.07 bits per heavy atom. The van der Waals surface area contributed by atoms with Crippen molar-refractivity contribution in [1.29, 1.82) is 5.26 Å². The van der Waals surface area contributed by atoms with Crippen LogP contribution in [0.1, 0.15) is 4.88 Å². The van der Waals surface area contributed by atoms with Crippen LogP contribution in [0, 0.1) is 11.3 Å². The molecule has 0 radical (unpaired) electrons. The molecule has 0 spiro atoms. The summed E-state index contributed by atoms with van der Waals surface area (Å²) >= 11 is 8.93. The van der Waals surface area contributed by atoms with Crippen LogP contribution in [0.3, 0.4) is 0 Å². The first-order valence-electron chi connectivity index (χ1n) is 8.04. The molecule has 2 aromatic carbocycles. The summed E-state index contributed by atoms with van der Waals surface area (Å²) in [4.78, 5) is 2.72. The fourth-order valence-electron chi connectivity index (χ4n) is 2.88. The van der Waals surface area contributed by atoms with Crippen molar-refractivity contribution in [3.8, 4) is 16.5 Å². The van der Waals surface area contributed by atoms with Crippen LogP contribution in [0.25, 0.3) is 10.4 Å². The SMILES string of the molecule is N#Cc1ccc(-c2ccc3c(c2)N(S(=O)(=O)c2ccc(Cl)cc2)CCS3)s1. The molecule has 0 fully saturated rings. The molecule has 0 saturated heterocycles. The molecule has 27 heavy (non-hydrogen) atoms. The number of nitriles is 1. The Hall–Kier alpha value is -1.98. The molecule has 0 atom stereocenters. The van der Waals surface area contributed by atoms with Gasteiger partial charge in [-0.3, -0.25) is 4.31 Å². The third kappa shape index (κ3) is 3.46. The van der Waals surface area contributed by atoms with Crippen LogP contribution in [0.5, 0.6) is 0 Å². The van der Waals surface area contributed by atoms with E-state index in [1.165, 1.54) is 27.8 Å². The zero-order chi connectivity index (χ0) is 19.0. The van der Waals surface area contributed by atoms with Crippen LogP contribution in [0.15, 0.2) is 64.4 Å². The zero-order valence-electron chi connectivity index (χ0n) is 13.9. The van der Waals surface area contributed by atoms with Gasteiger partial charge >= 0.3 is 0 Å². The third-order valence-corrected chi connectivity index (χ3v) is 8.34. The molecule has 2 heterocycles. The molecule has 4 rings (SSSR count). The topological polar surface area (TPSA) is 61.2 Å². The smallest absolute Gasteiger partial charge is 0.264 e. The van der Waals surface area contributed by atoms with E-state index >= 15 is 0 Å². The van der Waals surface area contributed by atoms with Gasteiger partial charge in [0, 0.05) is 27.1 Å². The maximum absolute atomic E-state index is 13.2. The molecule has 1 aliphatic rings. The van der Waals surface area contributed by atoms with E-state index in [0.29, 0.717) is 27.9 Å². The second kappa shape index (κ2) is 7.21. The Morgan fingerprint density at radius 2 is 1.85 bits per heavy atom. The number of nitrogens with zero attached hydrogens (tertiary/aromatic N) is 2. The van der Waals surface area contributed by atoms with Gasteiger partial charge in [-0.1, -0.05) is 17.7 Å². The summed E-state index contributed by atoms with van der Waals surface area (Å²) in [5.41, 5.74) is 1.57. The number of halogens is 1. The first kappa shape index (κ1) is 18.4. The summed E-state index contributed by atoms with van der Waals surface area (Å²) < 4.78 is 27.8. The maximum atomic E-state index is 13.2. The van der Waals surface area contributed by atoms with Gasteiger partial charge in [0.15, 0.2) is 0 Å². The average molecular weight is 433 g/mol. The standard InChI is InChI=1S/C19H13ClN2O2S3/c20-14-2-5-16(6-3-14)27(23,24)22-9-10-25-19-7-1-13(11-17(19)22)18-8-4-15(12-21)26-18/h1-8,11H,9-10H2. The Morgan fingerprint density at radius 3 is 2.56 bits per heavy atom. The number of rotatable bonds is 3. The summed E-state index contributed by atoms with van der Waals surface area (Å²) in [6.45, 7) is 0.403. The number of hydrogen-bond donors (Lipinski definition) is 0. The Bertz CT molecular complexity index is 1150. The molecule has 0 unspecified atom stereocenters. The Balaban J connectivity index is 1.79. The predicted octanol–water partition coefficient (Wildman–Crippen LogP) is 5.24. The van der Waals surface area contributed by atoms with Crippen LogP contribution < -0.4 is 4.31 Å². The van der Waals surface area contributed by atoms with Crippen molar-refractivity contribution in [2.24, 2.45) is 0 Å². The quantitative estimate of drug-likeness (QED) is 0.567. The zero-order valence-corrected chi connectivity index (χ0v) is 17.1. The van der Waals surface area contributed by atoms with Crippen molar-refractivity contribution < 1.29 is 8.42 Å². The fourth-order valence-corrected chi connectivity index (χ4v) is 6.43. The van der Waals surface area contributed by atoms with E-state index < -0.39 is 10.0 Å².